The van der Waals surface area contributed by atoms with E-state index < -0.39 is 10.0 Å². The molecule has 10 heteroatoms. The minimum Gasteiger partial charge on any atom is -0.339 e. The van der Waals surface area contributed by atoms with Gasteiger partial charge in [-0.05, 0) is 60.9 Å². The average molecular weight is 482 g/mol. The van der Waals surface area contributed by atoms with Gasteiger partial charge in [0, 0.05) is 30.8 Å². The fourth-order valence-corrected chi connectivity index (χ4v) is 4.05. The number of hydrogen-bond donors (Lipinski definition) is 2. The van der Waals surface area contributed by atoms with Crippen molar-refractivity contribution in [2.24, 2.45) is 11.1 Å². The van der Waals surface area contributed by atoms with Crippen LogP contribution in [0.15, 0.2) is 53.4 Å². The van der Waals surface area contributed by atoms with E-state index >= 15 is 0 Å². The number of nitrogens with one attached hydrogen (secondary N) is 1. The van der Waals surface area contributed by atoms with Crippen LogP contribution in [0.3, 0.4) is 0 Å². The zero-order chi connectivity index (χ0) is 22.6. The summed E-state index contributed by atoms with van der Waals surface area (Å²) in [6.07, 6.45) is 4.22. The quantitative estimate of drug-likeness (QED) is 0.636. The summed E-state index contributed by atoms with van der Waals surface area (Å²) in [6.45, 7) is 0.931. The fraction of sp³-hybridized carbons (Fsp3) is 0.238. The van der Waals surface area contributed by atoms with Gasteiger partial charge in [0.25, 0.3) is 0 Å². The highest BCUT2D eigenvalue weighted by Crippen LogP contribution is 2.24. The van der Waals surface area contributed by atoms with E-state index in [9.17, 15) is 18.0 Å². The molecule has 1 heterocycles. The maximum Gasteiger partial charge on any atom is 0.246 e. The van der Waals surface area contributed by atoms with Gasteiger partial charge in [0.15, 0.2) is 0 Å². The van der Waals surface area contributed by atoms with Gasteiger partial charge in [0.05, 0.1) is 14.9 Å². The van der Waals surface area contributed by atoms with Crippen molar-refractivity contribution in [3.8, 4) is 0 Å². The lowest BCUT2D eigenvalue weighted by Gasteiger charge is -2.30. The number of nitrogens with two attached hydrogens (primary N) is 1. The number of nitrogens with zero attached hydrogens (tertiary/aromatic N) is 1. The number of sulfonamides is 1. The summed E-state index contributed by atoms with van der Waals surface area (Å²) in [5.41, 5.74) is 1.26. The summed E-state index contributed by atoms with van der Waals surface area (Å²) in [7, 11) is -3.78. The molecule has 0 radical (unpaired) electrons. The van der Waals surface area contributed by atoms with Crippen molar-refractivity contribution in [1.82, 2.24) is 4.90 Å². The highest BCUT2D eigenvalue weighted by atomic mass is 35.5. The van der Waals surface area contributed by atoms with E-state index in [1.807, 2.05) is 0 Å². The highest BCUT2D eigenvalue weighted by Gasteiger charge is 2.26. The number of hydrogen-bond acceptors (Lipinski definition) is 4. The molecule has 0 bridgehead atoms. The molecule has 3 N–H and O–H groups in total. The number of piperidine rings is 1. The highest BCUT2D eigenvalue weighted by molar-refractivity contribution is 7.89. The van der Waals surface area contributed by atoms with Crippen molar-refractivity contribution < 1.29 is 18.0 Å². The summed E-state index contributed by atoms with van der Waals surface area (Å²) in [5.74, 6) is -0.536. The molecule has 0 aromatic heterocycles. The molecular weight excluding hydrogens is 461 g/mol. The van der Waals surface area contributed by atoms with Gasteiger partial charge >= 0.3 is 0 Å². The van der Waals surface area contributed by atoms with E-state index in [0.29, 0.717) is 41.7 Å². The number of benzene rings is 2. The summed E-state index contributed by atoms with van der Waals surface area (Å²) < 4.78 is 22.6. The molecule has 0 aliphatic carbocycles. The van der Waals surface area contributed by atoms with E-state index in [4.69, 9.17) is 28.3 Å². The molecule has 3 rings (SSSR count). The van der Waals surface area contributed by atoms with Gasteiger partial charge in [-0.1, -0.05) is 29.3 Å². The maximum absolute atomic E-state index is 12.5. The molecule has 164 valence electrons. The van der Waals surface area contributed by atoms with Crippen LogP contribution in [0, 0.1) is 5.92 Å². The van der Waals surface area contributed by atoms with Crippen LogP contribution in [0.4, 0.5) is 5.69 Å². The predicted molar refractivity (Wildman–Crippen MR) is 121 cm³/mol. The summed E-state index contributed by atoms with van der Waals surface area (Å²) in [5, 5.41) is 8.71. The van der Waals surface area contributed by atoms with Crippen LogP contribution in [-0.2, 0) is 19.6 Å². The van der Waals surface area contributed by atoms with Gasteiger partial charge in [-0.3, -0.25) is 9.59 Å². The lowest BCUT2D eigenvalue weighted by atomic mass is 9.95. The minimum atomic E-state index is -3.78. The van der Waals surface area contributed by atoms with E-state index in [1.54, 1.807) is 29.2 Å². The molecule has 1 aliphatic rings. The Labute approximate surface area is 190 Å². The standard InChI is InChI=1S/C21H21Cl2N3O4S/c22-18-7-1-14(13-19(18)23)2-8-20(27)26-11-9-15(10-12-26)21(28)25-16-3-5-17(6-4-16)31(24,29)30/h1-8,13,15H,9-12H2,(H,25,28)(H2,24,29,30)/b8-2+. The smallest absolute Gasteiger partial charge is 0.246 e. The Hall–Kier alpha value is -2.39. The Morgan fingerprint density at radius 1 is 1.03 bits per heavy atom. The van der Waals surface area contributed by atoms with E-state index in [2.05, 4.69) is 5.32 Å². The Morgan fingerprint density at radius 2 is 1.68 bits per heavy atom. The second-order valence-electron chi connectivity index (χ2n) is 7.17. The molecule has 1 aliphatic heterocycles. The van der Waals surface area contributed by atoms with Gasteiger partial charge in [-0.25, -0.2) is 13.6 Å². The van der Waals surface area contributed by atoms with Crippen molar-refractivity contribution in [1.29, 1.82) is 0 Å². The minimum absolute atomic E-state index is 0.0220. The summed E-state index contributed by atoms with van der Waals surface area (Å²) >= 11 is 11.9. The number of amides is 2. The molecule has 31 heavy (non-hydrogen) atoms. The summed E-state index contributed by atoms with van der Waals surface area (Å²) in [6, 6.07) is 10.8. The molecule has 2 aromatic rings. The molecule has 0 spiro atoms. The number of halogens is 2. The van der Waals surface area contributed by atoms with E-state index in [0.717, 1.165) is 5.56 Å². The Kier molecular flexibility index (Phi) is 7.38. The molecular formula is C21H21Cl2N3O4S. The van der Waals surface area contributed by atoms with Gasteiger partial charge in [0.1, 0.15) is 0 Å². The first kappa shape index (κ1) is 23.3. The van der Waals surface area contributed by atoms with Gasteiger partial charge in [-0.2, -0.15) is 0 Å². The Bertz CT molecular complexity index is 1110. The predicted octanol–water partition coefficient (Wildman–Crippen LogP) is 3.53. The number of carbonyl (C=O) groups excluding carboxylic acids is 2. The van der Waals surface area contributed by atoms with Crippen molar-refractivity contribution in [3.63, 3.8) is 0 Å². The second-order valence-corrected chi connectivity index (χ2v) is 9.54. The molecule has 1 fully saturated rings. The van der Waals surface area contributed by atoms with Crippen molar-refractivity contribution in [2.45, 2.75) is 17.7 Å². The third-order valence-corrected chi connectivity index (χ3v) is 6.66. The first-order valence-electron chi connectivity index (χ1n) is 9.49. The summed E-state index contributed by atoms with van der Waals surface area (Å²) in [4.78, 5) is 26.6. The SMILES string of the molecule is NS(=O)(=O)c1ccc(NC(=O)C2CCN(C(=O)/C=C/c3ccc(Cl)c(Cl)c3)CC2)cc1. The number of anilines is 1. The molecule has 0 atom stereocenters. The van der Waals surface area contributed by atoms with E-state index in [-0.39, 0.29) is 22.6 Å². The Morgan fingerprint density at radius 3 is 2.26 bits per heavy atom. The lowest BCUT2D eigenvalue weighted by molar-refractivity contribution is -0.130. The molecule has 2 amide bonds. The lowest BCUT2D eigenvalue weighted by Crippen LogP contribution is -2.40. The van der Waals surface area contributed by atoms with Gasteiger partial charge in [0.2, 0.25) is 21.8 Å². The number of likely N-dealkylation sites (tertiary alicyclic amines) is 1. The van der Waals surface area contributed by atoms with Crippen molar-refractivity contribution >= 4 is 56.8 Å². The number of carbonyl (C=O) groups is 2. The first-order valence-corrected chi connectivity index (χ1v) is 11.8. The third-order valence-electron chi connectivity index (χ3n) is 4.99. The van der Waals surface area contributed by atoms with Crippen molar-refractivity contribution in [2.75, 3.05) is 18.4 Å². The molecule has 2 aromatic carbocycles. The largest absolute Gasteiger partial charge is 0.339 e. The van der Waals surface area contributed by atoms with Crippen LogP contribution in [0.2, 0.25) is 10.0 Å². The number of rotatable bonds is 5. The molecule has 0 saturated carbocycles. The normalized spacial score (nSPS) is 15.3. The van der Waals surface area contributed by atoms with Crippen molar-refractivity contribution in [3.05, 3.63) is 64.1 Å². The maximum atomic E-state index is 12.5. The molecule has 0 unspecified atom stereocenters. The van der Waals surface area contributed by atoms with Gasteiger partial charge < -0.3 is 10.2 Å². The van der Waals surface area contributed by atoms with Gasteiger partial charge in [-0.15, -0.1) is 0 Å². The molecule has 1 saturated heterocycles. The average Bonchev–Trinajstić information content (AvgIpc) is 2.74. The fourth-order valence-electron chi connectivity index (χ4n) is 3.22. The van der Waals surface area contributed by atoms with Crippen LogP contribution in [0.1, 0.15) is 18.4 Å². The van der Waals surface area contributed by atoms with Crippen LogP contribution in [-0.4, -0.2) is 38.2 Å². The molecule has 7 nitrogen and oxygen atoms in total. The van der Waals surface area contributed by atoms with E-state index in [1.165, 1.54) is 30.3 Å². The van der Waals surface area contributed by atoms with Crippen LogP contribution >= 0.6 is 23.2 Å². The monoisotopic (exact) mass is 481 g/mol. The first-order chi connectivity index (χ1) is 14.6. The topological polar surface area (TPSA) is 110 Å². The zero-order valence-electron chi connectivity index (χ0n) is 16.4. The zero-order valence-corrected chi connectivity index (χ0v) is 18.8. The second kappa shape index (κ2) is 9.82. The third kappa shape index (κ3) is 6.30. The Balaban J connectivity index is 1.51. The van der Waals surface area contributed by atoms with Crippen LogP contribution < -0.4 is 10.5 Å². The number of primary sulfonamides is 1. The van der Waals surface area contributed by atoms with Crippen LogP contribution in [0.25, 0.3) is 6.08 Å². The van der Waals surface area contributed by atoms with Crippen LogP contribution in [0.5, 0.6) is 0 Å².